The Morgan fingerprint density at radius 1 is 1.18 bits per heavy atom. The summed E-state index contributed by atoms with van der Waals surface area (Å²) in [6.45, 7) is 4.68. The Balaban J connectivity index is 1.62. The number of benzene rings is 1. The number of hydrogen-bond donors (Lipinski definition) is 0. The van der Waals surface area contributed by atoms with Crippen LogP contribution in [-0.2, 0) is 11.4 Å². The van der Waals surface area contributed by atoms with Gasteiger partial charge in [-0.15, -0.1) is 0 Å². The highest BCUT2D eigenvalue weighted by Crippen LogP contribution is 2.45. The van der Waals surface area contributed by atoms with Crippen molar-refractivity contribution in [2.24, 2.45) is 17.0 Å². The van der Waals surface area contributed by atoms with Crippen LogP contribution in [0.2, 0.25) is 0 Å². The van der Waals surface area contributed by atoms with Crippen LogP contribution in [0.3, 0.4) is 0 Å². The molecule has 0 N–H and O–H groups in total. The van der Waals surface area contributed by atoms with E-state index >= 15 is 0 Å². The topological polar surface area (TPSA) is 21.6 Å². The Hall–Kier alpha value is -1.57. The van der Waals surface area contributed by atoms with Gasteiger partial charge in [-0.05, 0) is 36.3 Å². The predicted molar refractivity (Wildman–Crippen MR) is 68.6 cm³/mol. The van der Waals surface area contributed by atoms with Gasteiger partial charge in [-0.3, -0.25) is 0 Å². The second-order valence-electron chi connectivity index (χ2n) is 4.97. The fourth-order valence-corrected chi connectivity index (χ4v) is 2.90. The second-order valence-corrected chi connectivity index (χ2v) is 4.97. The Morgan fingerprint density at radius 2 is 1.94 bits per heavy atom. The van der Waals surface area contributed by atoms with Gasteiger partial charge in [0.2, 0.25) is 0 Å². The van der Waals surface area contributed by atoms with E-state index in [1.54, 1.807) is 0 Å². The summed E-state index contributed by atoms with van der Waals surface area (Å²) in [6.07, 6.45) is 3.80. The van der Waals surface area contributed by atoms with E-state index in [4.69, 9.17) is 4.84 Å². The van der Waals surface area contributed by atoms with E-state index in [1.807, 2.05) is 18.2 Å². The third kappa shape index (κ3) is 1.99. The number of allylic oxidation sites excluding steroid dienone is 1. The smallest absolute Gasteiger partial charge is 0.142 e. The molecule has 0 aliphatic heterocycles. The maximum absolute atomic E-state index is 5.45. The van der Waals surface area contributed by atoms with Crippen molar-refractivity contribution < 1.29 is 4.84 Å². The normalized spacial score (nSPS) is 28.9. The summed E-state index contributed by atoms with van der Waals surface area (Å²) in [5.74, 6) is 1.29. The van der Waals surface area contributed by atoms with E-state index in [-0.39, 0.29) is 0 Å². The fraction of sp³-hybridized carbons (Fsp3) is 0.400. The first-order chi connectivity index (χ1) is 8.34. The summed E-state index contributed by atoms with van der Waals surface area (Å²) in [5.41, 5.74) is 3.50. The molecule has 2 bridgehead atoms. The molecule has 2 heteroatoms. The van der Waals surface area contributed by atoms with E-state index in [9.17, 15) is 0 Å². The van der Waals surface area contributed by atoms with Crippen molar-refractivity contribution in [2.45, 2.75) is 25.9 Å². The van der Waals surface area contributed by atoms with Crippen LogP contribution in [0.4, 0.5) is 0 Å². The van der Waals surface area contributed by atoms with Gasteiger partial charge in [0.25, 0.3) is 0 Å². The summed E-state index contributed by atoms with van der Waals surface area (Å²) < 4.78 is 0. The van der Waals surface area contributed by atoms with Crippen molar-refractivity contribution in [2.75, 3.05) is 0 Å². The molecule has 0 heterocycles. The molecule has 17 heavy (non-hydrogen) atoms. The molecular weight excluding hydrogens is 210 g/mol. The van der Waals surface area contributed by atoms with Crippen LogP contribution >= 0.6 is 0 Å². The lowest BCUT2D eigenvalue weighted by molar-refractivity contribution is 0.129. The molecule has 0 aromatic heterocycles. The minimum Gasteiger partial charge on any atom is -0.391 e. The van der Waals surface area contributed by atoms with E-state index in [1.165, 1.54) is 24.8 Å². The van der Waals surface area contributed by atoms with Gasteiger partial charge in [0.15, 0.2) is 0 Å². The van der Waals surface area contributed by atoms with Gasteiger partial charge in [0.05, 0.1) is 5.71 Å². The zero-order valence-electron chi connectivity index (χ0n) is 9.93. The molecule has 0 amide bonds. The van der Waals surface area contributed by atoms with Crippen molar-refractivity contribution in [1.29, 1.82) is 0 Å². The quantitative estimate of drug-likeness (QED) is 0.724. The van der Waals surface area contributed by atoms with E-state index < -0.39 is 0 Å². The summed E-state index contributed by atoms with van der Waals surface area (Å²) in [4.78, 5) is 5.45. The van der Waals surface area contributed by atoms with Crippen molar-refractivity contribution >= 4 is 5.71 Å². The molecule has 2 aliphatic carbocycles. The Bertz CT molecular complexity index is 449. The van der Waals surface area contributed by atoms with Crippen molar-refractivity contribution in [1.82, 2.24) is 0 Å². The third-order valence-electron chi connectivity index (χ3n) is 3.88. The van der Waals surface area contributed by atoms with Crippen LogP contribution in [0.1, 0.15) is 24.8 Å². The van der Waals surface area contributed by atoms with E-state index in [0.717, 1.165) is 11.3 Å². The van der Waals surface area contributed by atoms with E-state index in [2.05, 4.69) is 23.9 Å². The molecule has 1 aromatic carbocycles. The molecule has 2 saturated carbocycles. The first-order valence-electron chi connectivity index (χ1n) is 6.27. The lowest BCUT2D eigenvalue weighted by Crippen LogP contribution is -2.12. The van der Waals surface area contributed by atoms with Gasteiger partial charge in [-0.1, -0.05) is 42.1 Å². The number of hydrogen-bond acceptors (Lipinski definition) is 2. The number of fused-ring (bicyclic) bond motifs is 2. The number of nitrogens with zero attached hydrogens (tertiary/aromatic N) is 1. The summed E-state index contributed by atoms with van der Waals surface area (Å²) in [5, 5.41) is 4.30. The van der Waals surface area contributed by atoms with Crippen molar-refractivity contribution in [3.05, 3.63) is 48.0 Å². The maximum atomic E-state index is 5.45. The SMILES string of the molecule is C=C1/C(=N\OCc2ccccc2)[C@H]2CC[C@@H]1C2. The largest absolute Gasteiger partial charge is 0.391 e. The van der Waals surface area contributed by atoms with Gasteiger partial charge in [-0.2, -0.15) is 0 Å². The molecule has 0 spiro atoms. The highest BCUT2D eigenvalue weighted by Gasteiger charge is 2.40. The summed E-state index contributed by atoms with van der Waals surface area (Å²) in [7, 11) is 0. The van der Waals surface area contributed by atoms with Gasteiger partial charge in [0, 0.05) is 5.92 Å². The summed E-state index contributed by atoms with van der Waals surface area (Å²) >= 11 is 0. The Kier molecular flexibility index (Phi) is 2.71. The highest BCUT2D eigenvalue weighted by atomic mass is 16.6. The maximum Gasteiger partial charge on any atom is 0.142 e. The molecule has 3 rings (SSSR count). The monoisotopic (exact) mass is 227 g/mol. The zero-order chi connectivity index (χ0) is 11.7. The minimum absolute atomic E-state index is 0.551. The molecule has 2 atom stereocenters. The van der Waals surface area contributed by atoms with Crippen LogP contribution in [0, 0.1) is 11.8 Å². The zero-order valence-corrected chi connectivity index (χ0v) is 9.93. The van der Waals surface area contributed by atoms with Crippen LogP contribution in [0.15, 0.2) is 47.6 Å². The van der Waals surface area contributed by atoms with Gasteiger partial charge in [0.1, 0.15) is 6.61 Å². The minimum atomic E-state index is 0.551. The van der Waals surface area contributed by atoms with Crippen LogP contribution in [0.5, 0.6) is 0 Å². The lowest BCUT2D eigenvalue weighted by atomic mass is 9.94. The molecule has 0 unspecified atom stereocenters. The fourth-order valence-electron chi connectivity index (χ4n) is 2.90. The first kappa shape index (κ1) is 10.6. The molecule has 1 aromatic rings. The summed E-state index contributed by atoms with van der Waals surface area (Å²) in [6, 6.07) is 10.1. The van der Waals surface area contributed by atoms with Gasteiger partial charge < -0.3 is 4.84 Å². The van der Waals surface area contributed by atoms with Crippen molar-refractivity contribution in [3.63, 3.8) is 0 Å². The third-order valence-corrected chi connectivity index (χ3v) is 3.88. The van der Waals surface area contributed by atoms with Gasteiger partial charge in [-0.25, -0.2) is 0 Å². The Morgan fingerprint density at radius 3 is 2.65 bits per heavy atom. The lowest BCUT2D eigenvalue weighted by Gasteiger charge is -2.14. The molecule has 0 radical (unpaired) electrons. The first-order valence-corrected chi connectivity index (χ1v) is 6.27. The standard InChI is InChI=1S/C15H17NO/c1-11-13-7-8-14(9-13)15(11)16-17-10-12-5-3-2-4-6-12/h2-6,13-14H,1,7-10H2/b16-15+/t13-,14+/m1/s1. The number of rotatable bonds is 3. The second kappa shape index (κ2) is 4.36. The average molecular weight is 227 g/mol. The number of oxime groups is 1. The molecule has 88 valence electrons. The van der Waals surface area contributed by atoms with E-state index in [0.29, 0.717) is 18.4 Å². The van der Waals surface area contributed by atoms with Crippen molar-refractivity contribution in [3.8, 4) is 0 Å². The molecule has 2 fully saturated rings. The average Bonchev–Trinajstić information content (AvgIpc) is 2.94. The Labute approximate surface area is 102 Å². The molecule has 2 nitrogen and oxygen atoms in total. The van der Waals surface area contributed by atoms with Gasteiger partial charge >= 0.3 is 0 Å². The molecular formula is C15H17NO. The highest BCUT2D eigenvalue weighted by molar-refractivity contribution is 6.04. The van der Waals surface area contributed by atoms with Crippen LogP contribution in [-0.4, -0.2) is 5.71 Å². The van der Waals surface area contributed by atoms with Crippen LogP contribution in [0.25, 0.3) is 0 Å². The molecule has 2 aliphatic rings. The molecule has 0 saturated heterocycles. The van der Waals surface area contributed by atoms with Crippen LogP contribution < -0.4 is 0 Å². The predicted octanol–water partition coefficient (Wildman–Crippen LogP) is 3.55.